The first-order valence-corrected chi connectivity index (χ1v) is 7.41. The van der Waals surface area contributed by atoms with Crippen molar-refractivity contribution in [2.24, 2.45) is 0 Å². The highest BCUT2D eigenvalue weighted by molar-refractivity contribution is 5.80. The predicted molar refractivity (Wildman–Crippen MR) is 87.4 cm³/mol. The summed E-state index contributed by atoms with van der Waals surface area (Å²) in [6, 6.07) is 15.3. The molecule has 112 valence electrons. The minimum absolute atomic E-state index is 0.344. The van der Waals surface area contributed by atoms with Crippen LogP contribution in [0, 0.1) is 6.92 Å². The highest BCUT2D eigenvalue weighted by atomic mass is 16.5. The molecule has 0 saturated carbocycles. The zero-order valence-corrected chi connectivity index (χ0v) is 12.8. The van der Waals surface area contributed by atoms with Gasteiger partial charge in [-0.2, -0.15) is 0 Å². The molecule has 2 aromatic carbocycles. The van der Waals surface area contributed by atoms with Gasteiger partial charge in [0.15, 0.2) is 0 Å². The molecule has 0 aliphatic heterocycles. The minimum Gasteiger partial charge on any atom is -0.489 e. The lowest BCUT2D eigenvalue weighted by atomic mass is 10.1. The smallest absolute Gasteiger partial charge is 0.336 e. The average molecular weight is 294 g/mol. The summed E-state index contributed by atoms with van der Waals surface area (Å²) in [7, 11) is 0. The lowest BCUT2D eigenvalue weighted by Gasteiger charge is -2.09. The minimum atomic E-state index is -0.344. The van der Waals surface area contributed by atoms with E-state index in [0.717, 1.165) is 28.7 Å². The molecule has 0 spiro atoms. The van der Waals surface area contributed by atoms with Gasteiger partial charge in [-0.25, -0.2) is 4.79 Å². The van der Waals surface area contributed by atoms with Crippen molar-refractivity contribution in [2.45, 2.75) is 26.9 Å². The van der Waals surface area contributed by atoms with Gasteiger partial charge in [0.1, 0.15) is 17.9 Å². The van der Waals surface area contributed by atoms with E-state index >= 15 is 0 Å². The summed E-state index contributed by atoms with van der Waals surface area (Å²) in [6.07, 6.45) is 0.906. The summed E-state index contributed by atoms with van der Waals surface area (Å²) in [6.45, 7) is 4.45. The van der Waals surface area contributed by atoms with Crippen LogP contribution < -0.4 is 10.4 Å². The van der Waals surface area contributed by atoms with Crippen molar-refractivity contribution in [1.82, 2.24) is 0 Å². The van der Waals surface area contributed by atoms with Crippen LogP contribution in [0.15, 0.2) is 57.7 Å². The first kappa shape index (κ1) is 14.4. The van der Waals surface area contributed by atoms with E-state index in [0.29, 0.717) is 12.2 Å². The lowest BCUT2D eigenvalue weighted by Crippen LogP contribution is -2.04. The number of fused-ring (bicyclic) bond motifs is 1. The van der Waals surface area contributed by atoms with Gasteiger partial charge >= 0.3 is 5.63 Å². The lowest BCUT2D eigenvalue weighted by molar-refractivity contribution is 0.306. The molecule has 1 heterocycles. The molecule has 0 N–H and O–H groups in total. The SMILES string of the molecule is CCc1ccc2c(COc3ccc(C)cc3)cc(=O)oc2c1. The van der Waals surface area contributed by atoms with Gasteiger partial charge in [-0.05, 0) is 37.1 Å². The molecule has 1 aromatic heterocycles. The fourth-order valence-corrected chi connectivity index (χ4v) is 2.41. The second kappa shape index (κ2) is 6.06. The van der Waals surface area contributed by atoms with E-state index in [-0.39, 0.29) is 5.63 Å². The van der Waals surface area contributed by atoms with Crippen LogP contribution in [0.2, 0.25) is 0 Å². The molecule has 3 rings (SSSR count). The summed E-state index contributed by atoms with van der Waals surface area (Å²) in [5.41, 5.74) is 3.45. The van der Waals surface area contributed by atoms with E-state index in [9.17, 15) is 4.79 Å². The molecular weight excluding hydrogens is 276 g/mol. The quantitative estimate of drug-likeness (QED) is 0.675. The average Bonchev–Trinajstić information content (AvgIpc) is 2.53. The van der Waals surface area contributed by atoms with Crippen molar-refractivity contribution in [3.05, 3.63) is 75.6 Å². The third-order valence-corrected chi connectivity index (χ3v) is 3.72. The third kappa shape index (κ3) is 3.03. The summed E-state index contributed by atoms with van der Waals surface area (Å²) >= 11 is 0. The van der Waals surface area contributed by atoms with E-state index in [1.54, 1.807) is 0 Å². The van der Waals surface area contributed by atoms with Crippen molar-refractivity contribution in [3.8, 4) is 5.75 Å². The Bertz CT molecular complexity index is 845. The Hall–Kier alpha value is -2.55. The number of hydrogen-bond acceptors (Lipinski definition) is 3. The van der Waals surface area contributed by atoms with Crippen LogP contribution >= 0.6 is 0 Å². The number of ether oxygens (including phenoxy) is 1. The Labute approximate surface area is 129 Å². The zero-order valence-electron chi connectivity index (χ0n) is 12.8. The molecule has 0 unspecified atom stereocenters. The molecule has 0 amide bonds. The molecule has 0 aliphatic carbocycles. The topological polar surface area (TPSA) is 39.4 Å². The number of aryl methyl sites for hydroxylation is 2. The standard InChI is InChI=1S/C19H18O3/c1-3-14-6-9-17-15(11-19(20)22-18(17)10-14)12-21-16-7-4-13(2)5-8-16/h4-11H,3,12H2,1-2H3. The molecule has 3 heteroatoms. The molecule has 0 atom stereocenters. The molecule has 0 fully saturated rings. The third-order valence-electron chi connectivity index (χ3n) is 3.72. The Kier molecular flexibility index (Phi) is 3.96. The Morgan fingerprint density at radius 2 is 1.82 bits per heavy atom. The monoisotopic (exact) mass is 294 g/mol. The number of hydrogen-bond donors (Lipinski definition) is 0. The number of rotatable bonds is 4. The summed E-state index contributed by atoms with van der Waals surface area (Å²) in [4.78, 5) is 11.7. The van der Waals surface area contributed by atoms with Crippen molar-refractivity contribution >= 4 is 11.0 Å². The molecule has 3 nitrogen and oxygen atoms in total. The maximum Gasteiger partial charge on any atom is 0.336 e. The van der Waals surface area contributed by atoms with Gasteiger partial charge in [0, 0.05) is 17.0 Å². The van der Waals surface area contributed by atoms with Crippen molar-refractivity contribution in [1.29, 1.82) is 0 Å². The van der Waals surface area contributed by atoms with Gasteiger partial charge in [-0.15, -0.1) is 0 Å². The molecular formula is C19H18O3. The number of benzene rings is 2. The first-order valence-electron chi connectivity index (χ1n) is 7.41. The summed E-state index contributed by atoms with van der Waals surface area (Å²) in [5.74, 6) is 0.789. The van der Waals surface area contributed by atoms with Gasteiger partial charge in [0.2, 0.25) is 0 Å². The van der Waals surface area contributed by atoms with E-state index in [1.807, 2.05) is 43.3 Å². The highest BCUT2D eigenvalue weighted by Gasteiger charge is 2.07. The molecule has 0 saturated heterocycles. The van der Waals surface area contributed by atoms with Crippen LogP contribution in [0.1, 0.15) is 23.6 Å². The summed E-state index contributed by atoms with van der Waals surface area (Å²) in [5, 5.41) is 0.920. The summed E-state index contributed by atoms with van der Waals surface area (Å²) < 4.78 is 11.1. The van der Waals surface area contributed by atoms with Crippen molar-refractivity contribution < 1.29 is 9.15 Å². The van der Waals surface area contributed by atoms with Crippen molar-refractivity contribution in [3.63, 3.8) is 0 Å². The molecule has 22 heavy (non-hydrogen) atoms. The van der Waals surface area contributed by atoms with Crippen LogP contribution in [0.25, 0.3) is 11.0 Å². The van der Waals surface area contributed by atoms with E-state index in [4.69, 9.17) is 9.15 Å². The molecule has 0 aliphatic rings. The van der Waals surface area contributed by atoms with E-state index < -0.39 is 0 Å². The van der Waals surface area contributed by atoms with Gasteiger partial charge in [0.05, 0.1) is 0 Å². The predicted octanol–water partition coefficient (Wildman–Crippen LogP) is 4.24. The first-order chi connectivity index (χ1) is 10.7. The van der Waals surface area contributed by atoms with Crippen LogP contribution in [-0.2, 0) is 13.0 Å². The molecule has 0 bridgehead atoms. The fourth-order valence-electron chi connectivity index (χ4n) is 2.41. The fraction of sp³-hybridized carbons (Fsp3) is 0.211. The Morgan fingerprint density at radius 3 is 2.55 bits per heavy atom. The second-order valence-corrected chi connectivity index (χ2v) is 5.38. The second-order valence-electron chi connectivity index (χ2n) is 5.38. The van der Waals surface area contributed by atoms with Crippen LogP contribution in [0.5, 0.6) is 5.75 Å². The zero-order chi connectivity index (χ0) is 15.5. The van der Waals surface area contributed by atoms with Crippen LogP contribution in [-0.4, -0.2) is 0 Å². The van der Waals surface area contributed by atoms with Crippen LogP contribution in [0.3, 0.4) is 0 Å². The van der Waals surface area contributed by atoms with Gasteiger partial charge in [0.25, 0.3) is 0 Å². The van der Waals surface area contributed by atoms with Gasteiger partial charge in [-0.1, -0.05) is 36.8 Å². The largest absolute Gasteiger partial charge is 0.489 e. The van der Waals surface area contributed by atoms with E-state index in [1.165, 1.54) is 11.6 Å². The van der Waals surface area contributed by atoms with Crippen LogP contribution in [0.4, 0.5) is 0 Å². The normalized spacial score (nSPS) is 10.8. The Morgan fingerprint density at radius 1 is 1.05 bits per heavy atom. The molecule has 3 aromatic rings. The molecule has 0 radical (unpaired) electrons. The van der Waals surface area contributed by atoms with Crippen molar-refractivity contribution in [2.75, 3.05) is 0 Å². The Balaban J connectivity index is 1.92. The van der Waals surface area contributed by atoms with Gasteiger partial charge < -0.3 is 9.15 Å². The maximum absolute atomic E-state index is 11.7. The van der Waals surface area contributed by atoms with E-state index in [2.05, 4.69) is 13.0 Å². The highest BCUT2D eigenvalue weighted by Crippen LogP contribution is 2.21. The van der Waals surface area contributed by atoms with Gasteiger partial charge in [-0.3, -0.25) is 0 Å². The maximum atomic E-state index is 11.7.